The molecule has 2 heterocycles. The fourth-order valence-corrected chi connectivity index (χ4v) is 3.33. The largest absolute Gasteiger partial charge is 0.370 e. The zero-order valence-corrected chi connectivity index (χ0v) is 16.1. The van der Waals surface area contributed by atoms with Gasteiger partial charge < -0.3 is 16.0 Å². The van der Waals surface area contributed by atoms with E-state index in [2.05, 4.69) is 62.3 Å². The molecule has 1 aliphatic rings. The fraction of sp³-hybridized carbons (Fsp3) is 0.429. The standard InChI is InChI=1S/C21H30N6/c1-18(17-25-21(22)24-12-10-19-7-5-6-11-23-19)26-13-15-27(16-14-26)20-8-3-2-4-9-20/h2-9,11,18H,10,12-17H2,1H3,(H3,22,24,25). The Balaban J connectivity index is 1.37. The summed E-state index contributed by atoms with van der Waals surface area (Å²) in [5, 5.41) is 3.18. The van der Waals surface area contributed by atoms with Crippen LogP contribution in [0.3, 0.4) is 0 Å². The number of hydrogen-bond acceptors (Lipinski definition) is 4. The summed E-state index contributed by atoms with van der Waals surface area (Å²) in [6, 6.07) is 17.0. The first kappa shape index (κ1) is 19.2. The van der Waals surface area contributed by atoms with E-state index < -0.39 is 0 Å². The maximum atomic E-state index is 6.01. The fourth-order valence-electron chi connectivity index (χ4n) is 3.33. The van der Waals surface area contributed by atoms with Crippen molar-refractivity contribution in [1.29, 1.82) is 0 Å². The van der Waals surface area contributed by atoms with Crippen LogP contribution in [0.5, 0.6) is 0 Å². The summed E-state index contributed by atoms with van der Waals surface area (Å²) in [7, 11) is 0. The van der Waals surface area contributed by atoms with Crippen LogP contribution in [0.1, 0.15) is 12.6 Å². The molecule has 1 saturated heterocycles. The highest BCUT2D eigenvalue weighted by Gasteiger charge is 2.20. The van der Waals surface area contributed by atoms with Crippen LogP contribution >= 0.6 is 0 Å². The molecular weight excluding hydrogens is 336 g/mol. The van der Waals surface area contributed by atoms with Gasteiger partial charge in [-0.25, -0.2) is 0 Å². The van der Waals surface area contributed by atoms with E-state index >= 15 is 0 Å². The highest BCUT2D eigenvalue weighted by atomic mass is 15.3. The minimum Gasteiger partial charge on any atom is -0.370 e. The number of piperazine rings is 1. The average Bonchev–Trinajstić information content (AvgIpc) is 2.73. The van der Waals surface area contributed by atoms with Gasteiger partial charge in [-0.3, -0.25) is 14.9 Å². The average molecular weight is 367 g/mol. The van der Waals surface area contributed by atoms with E-state index in [-0.39, 0.29) is 0 Å². The molecule has 1 aromatic carbocycles. The molecular formula is C21H30N6. The minimum atomic E-state index is 0.388. The molecule has 1 aromatic heterocycles. The summed E-state index contributed by atoms with van der Waals surface area (Å²) in [6.45, 7) is 7.90. The second-order valence-corrected chi connectivity index (χ2v) is 6.93. The van der Waals surface area contributed by atoms with Crippen molar-refractivity contribution in [1.82, 2.24) is 15.2 Å². The van der Waals surface area contributed by atoms with Gasteiger partial charge in [0.2, 0.25) is 0 Å². The lowest BCUT2D eigenvalue weighted by atomic mass is 10.2. The van der Waals surface area contributed by atoms with Crippen molar-refractivity contribution in [2.45, 2.75) is 19.4 Å². The Bertz CT molecular complexity index is 695. The van der Waals surface area contributed by atoms with Gasteiger partial charge in [-0.15, -0.1) is 0 Å². The van der Waals surface area contributed by atoms with Crippen LogP contribution in [0, 0.1) is 0 Å². The Morgan fingerprint density at radius 1 is 1.11 bits per heavy atom. The first-order chi connectivity index (χ1) is 13.2. The summed E-state index contributed by atoms with van der Waals surface area (Å²) in [6.07, 6.45) is 2.65. The number of nitrogens with one attached hydrogen (secondary N) is 1. The maximum Gasteiger partial charge on any atom is 0.188 e. The van der Waals surface area contributed by atoms with Crippen LogP contribution in [0.2, 0.25) is 0 Å². The van der Waals surface area contributed by atoms with E-state index in [1.807, 2.05) is 24.4 Å². The van der Waals surface area contributed by atoms with Crippen LogP contribution in [-0.4, -0.2) is 61.2 Å². The van der Waals surface area contributed by atoms with Gasteiger partial charge >= 0.3 is 0 Å². The Hall–Kier alpha value is -2.60. The van der Waals surface area contributed by atoms with Crippen molar-refractivity contribution >= 4 is 11.6 Å². The molecule has 1 atom stereocenters. The molecule has 2 aromatic rings. The number of nitrogens with zero attached hydrogens (tertiary/aromatic N) is 4. The van der Waals surface area contributed by atoms with Gasteiger partial charge in [0.15, 0.2) is 5.96 Å². The lowest BCUT2D eigenvalue weighted by Gasteiger charge is -2.38. The number of anilines is 1. The number of aliphatic imine (C=N–C) groups is 1. The molecule has 0 amide bonds. The van der Waals surface area contributed by atoms with Gasteiger partial charge in [0.25, 0.3) is 0 Å². The second kappa shape index (κ2) is 9.92. The second-order valence-electron chi connectivity index (χ2n) is 6.93. The lowest BCUT2D eigenvalue weighted by molar-refractivity contribution is 0.201. The van der Waals surface area contributed by atoms with Gasteiger partial charge in [-0.05, 0) is 31.2 Å². The summed E-state index contributed by atoms with van der Waals surface area (Å²) in [4.78, 5) is 13.8. The highest BCUT2D eigenvalue weighted by molar-refractivity contribution is 5.77. The molecule has 0 radical (unpaired) electrons. The molecule has 144 valence electrons. The Morgan fingerprint density at radius 3 is 2.56 bits per heavy atom. The third-order valence-corrected chi connectivity index (χ3v) is 5.00. The van der Waals surface area contributed by atoms with E-state index in [1.165, 1.54) is 5.69 Å². The number of hydrogen-bond donors (Lipinski definition) is 2. The van der Waals surface area contributed by atoms with Crippen molar-refractivity contribution in [3.05, 3.63) is 60.4 Å². The van der Waals surface area contributed by atoms with Crippen molar-refractivity contribution in [3.63, 3.8) is 0 Å². The zero-order valence-electron chi connectivity index (χ0n) is 16.1. The summed E-state index contributed by atoms with van der Waals surface area (Å²) in [5.74, 6) is 0.515. The molecule has 3 rings (SSSR count). The predicted octanol–water partition coefficient (Wildman–Crippen LogP) is 1.74. The van der Waals surface area contributed by atoms with E-state index in [9.17, 15) is 0 Å². The Morgan fingerprint density at radius 2 is 1.85 bits per heavy atom. The molecule has 0 bridgehead atoms. The predicted molar refractivity (Wildman–Crippen MR) is 112 cm³/mol. The number of para-hydroxylation sites is 1. The quantitative estimate of drug-likeness (QED) is 0.577. The molecule has 1 aliphatic heterocycles. The van der Waals surface area contributed by atoms with Crippen LogP contribution in [0.4, 0.5) is 5.69 Å². The number of pyridine rings is 1. The number of benzene rings is 1. The first-order valence-corrected chi connectivity index (χ1v) is 9.70. The number of aromatic nitrogens is 1. The third kappa shape index (κ3) is 5.96. The zero-order chi connectivity index (χ0) is 18.9. The smallest absolute Gasteiger partial charge is 0.188 e. The molecule has 27 heavy (non-hydrogen) atoms. The Kier molecular flexibility index (Phi) is 7.04. The topological polar surface area (TPSA) is 69.8 Å². The number of nitrogens with two attached hydrogens (primary N) is 1. The van der Waals surface area contributed by atoms with Crippen LogP contribution in [0.15, 0.2) is 59.7 Å². The molecule has 0 aliphatic carbocycles. The van der Waals surface area contributed by atoms with Crippen molar-refractivity contribution in [2.24, 2.45) is 10.7 Å². The Labute approximate surface area is 162 Å². The van der Waals surface area contributed by atoms with E-state index in [0.29, 0.717) is 18.5 Å². The monoisotopic (exact) mass is 366 g/mol. The van der Waals surface area contributed by atoms with Gasteiger partial charge in [0, 0.05) is 62.8 Å². The number of rotatable bonds is 7. The van der Waals surface area contributed by atoms with Crippen LogP contribution in [-0.2, 0) is 6.42 Å². The number of guanidine groups is 1. The summed E-state index contributed by atoms with van der Waals surface area (Å²) < 4.78 is 0. The lowest BCUT2D eigenvalue weighted by Crippen LogP contribution is -2.50. The van der Waals surface area contributed by atoms with Crippen molar-refractivity contribution < 1.29 is 0 Å². The SMILES string of the molecule is CC(CN=C(N)NCCc1ccccn1)N1CCN(c2ccccc2)CC1. The molecule has 0 spiro atoms. The van der Waals surface area contributed by atoms with Gasteiger partial charge in [0.05, 0.1) is 6.54 Å². The van der Waals surface area contributed by atoms with Gasteiger partial charge in [-0.2, -0.15) is 0 Å². The molecule has 0 saturated carbocycles. The van der Waals surface area contributed by atoms with Gasteiger partial charge in [0.1, 0.15) is 0 Å². The molecule has 1 unspecified atom stereocenters. The van der Waals surface area contributed by atoms with Crippen LogP contribution < -0.4 is 16.0 Å². The summed E-state index contributed by atoms with van der Waals surface area (Å²) >= 11 is 0. The minimum absolute atomic E-state index is 0.388. The molecule has 6 heteroatoms. The van der Waals surface area contributed by atoms with Crippen LogP contribution in [0.25, 0.3) is 0 Å². The van der Waals surface area contributed by atoms with Crippen molar-refractivity contribution in [2.75, 3.05) is 44.2 Å². The van der Waals surface area contributed by atoms with Gasteiger partial charge in [-0.1, -0.05) is 24.3 Å². The normalized spacial score (nSPS) is 16.9. The van der Waals surface area contributed by atoms with Crippen molar-refractivity contribution in [3.8, 4) is 0 Å². The first-order valence-electron chi connectivity index (χ1n) is 9.70. The summed E-state index contributed by atoms with van der Waals surface area (Å²) in [5.41, 5.74) is 8.37. The highest BCUT2D eigenvalue weighted by Crippen LogP contribution is 2.16. The molecule has 3 N–H and O–H groups in total. The van der Waals surface area contributed by atoms with E-state index in [0.717, 1.165) is 44.8 Å². The molecule has 6 nitrogen and oxygen atoms in total. The maximum absolute atomic E-state index is 6.01. The van der Waals surface area contributed by atoms with E-state index in [1.54, 1.807) is 0 Å². The molecule has 1 fully saturated rings. The van der Waals surface area contributed by atoms with E-state index in [4.69, 9.17) is 5.73 Å². The third-order valence-electron chi connectivity index (χ3n) is 5.00.